The Bertz CT molecular complexity index is 800. The highest BCUT2D eigenvalue weighted by molar-refractivity contribution is 5.95. The lowest BCUT2D eigenvalue weighted by molar-refractivity contribution is 0.0531. The van der Waals surface area contributed by atoms with Crippen molar-refractivity contribution in [1.82, 2.24) is 20.0 Å². The van der Waals surface area contributed by atoms with Gasteiger partial charge in [0.05, 0.1) is 0 Å². The van der Waals surface area contributed by atoms with E-state index in [2.05, 4.69) is 17.1 Å². The van der Waals surface area contributed by atoms with E-state index in [4.69, 9.17) is 0 Å². The van der Waals surface area contributed by atoms with E-state index in [1.165, 1.54) is 17.7 Å². The first-order valence-corrected chi connectivity index (χ1v) is 8.31. The summed E-state index contributed by atoms with van der Waals surface area (Å²) in [4.78, 5) is 39.3. The van der Waals surface area contributed by atoms with Crippen LogP contribution in [0.2, 0.25) is 0 Å². The van der Waals surface area contributed by atoms with Crippen molar-refractivity contribution in [2.24, 2.45) is 0 Å². The maximum absolute atomic E-state index is 12.6. The fourth-order valence-electron chi connectivity index (χ4n) is 2.80. The van der Waals surface area contributed by atoms with Crippen molar-refractivity contribution in [1.29, 1.82) is 0 Å². The predicted molar refractivity (Wildman–Crippen MR) is 92.5 cm³/mol. The maximum Gasteiger partial charge on any atom is 0.274 e. The van der Waals surface area contributed by atoms with E-state index in [9.17, 15) is 14.4 Å². The number of rotatable bonds is 3. The molecule has 0 spiro atoms. The molecule has 25 heavy (non-hydrogen) atoms. The molecule has 0 bridgehead atoms. The molecular weight excluding hydrogens is 320 g/mol. The predicted octanol–water partition coefficient (Wildman–Crippen LogP) is 0.930. The zero-order valence-electron chi connectivity index (χ0n) is 14.1. The van der Waals surface area contributed by atoms with Gasteiger partial charge >= 0.3 is 0 Å². The van der Waals surface area contributed by atoms with Crippen molar-refractivity contribution >= 4 is 11.8 Å². The zero-order chi connectivity index (χ0) is 17.8. The highest BCUT2D eigenvalue weighted by Crippen LogP contribution is 2.12. The van der Waals surface area contributed by atoms with Crippen molar-refractivity contribution < 1.29 is 9.59 Å². The molecule has 7 nitrogen and oxygen atoms in total. The monoisotopic (exact) mass is 340 g/mol. The van der Waals surface area contributed by atoms with Gasteiger partial charge in [-0.25, -0.2) is 5.10 Å². The molecule has 0 atom stereocenters. The number of H-pyrrole nitrogens is 1. The minimum atomic E-state index is -0.346. The van der Waals surface area contributed by atoms with Gasteiger partial charge in [0.1, 0.15) is 5.69 Å². The number of nitrogens with one attached hydrogen (secondary N) is 1. The summed E-state index contributed by atoms with van der Waals surface area (Å²) < 4.78 is 0. The second-order valence-electron chi connectivity index (χ2n) is 5.94. The lowest BCUT2D eigenvalue weighted by atomic mass is 10.1. The number of benzene rings is 1. The Balaban J connectivity index is 1.60. The van der Waals surface area contributed by atoms with Crippen LogP contribution in [0, 0.1) is 0 Å². The van der Waals surface area contributed by atoms with Gasteiger partial charge < -0.3 is 9.80 Å². The number of aryl methyl sites for hydroxylation is 1. The molecule has 3 rings (SSSR count). The van der Waals surface area contributed by atoms with Crippen molar-refractivity contribution in [3.05, 3.63) is 63.6 Å². The number of carbonyl (C=O) groups is 2. The van der Waals surface area contributed by atoms with Crippen LogP contribution in [0.1, 0.15) is 33.3 Å². The van der Waals surface area contributed by atoms with Gasteiger partial charge in [-0.1, -0.05) is 19.1 Å². The van der Waals surface area contributed by atoms with Crippen molar-refractivity contribution in [2.45, 2.75) is 13.3 Å². The summed E-state index contributed by atoms with van der Waals surface area (Å²) in [6.07, 6.45) is 0.939. The molecule has 130 valence electrons. The third-order valence-corrected chi connectivity index (χ3v) is 4.36. The van der Waals surface area contributed by atoms with Crippen LogP contribution in [-0.4, -0.2) is 58.0 Å². The van der Waals surface area contributed by atoms with Gasteiger partial charge in [-0.3, -0.25) is 14.4 Å². The Morgan fingerprint density at radius 3 is 2.08 bits per heavy atom. The third kappa shape index (κ3) is 3.76. The Labute approximate surface area is 145 Å². The second-order valence-corrected chi connectivity index (χ2v) is 5.94. The van der Waals surface area contributed by atoms with Crippen LogP contribution in [0.4, 0.5) is 0 Å². The molecule has 1 saturated heterocycles. The average Bonchev–Trinajstić information content (AvgIpc) is 2.67. The summed E-state index contributed by atoms with van der Waals surface area (Å²) in [5.41, 5.74) is 1.72. The Kier molecular flexibility index (Phi) is 4.92. The van der Waals surface area contributed by atoms with Gasteiger partial charge in [0.15, 0.2) is 0 Å². The molecular formula is C18H20N4O3. The molecule has 7 heteroatoms. The van der Waals surface area contributed by atoms with Gasteiger partial charge in [0.2, 0.25) is 0 Å². The first-order valence-electron chi connectivity index (χ1n) is 8.31. The summed E-state index contributed by atoms with van der Waals surface area (Å²) >= 11 is 0. The van der Waals surface area contributed by atoms with Gasteiger partial charge in [0.25, 0.3) is 17.4 Å². The van der Waals surface area contributed by atoms with Crippen molar-refractivity contribution in [3.63, 3.8) is 0 Å². The summed E-state index contributed by atoms with van der Waals surface area (Å²) in [6.45, 7) is 3.91. The summed E-state index contributed by atoms with van der Waals surface area (Å²) in [5.74, 6) is -0.257. The molecule has 0 radical (unpaired) electrons. The zero-order valence-corrected chi connectivity index (χ0v) is 14.1. The van der Waals surface area contributed by atoms with E-state index in [0.29, 0.717) is 31.7 Å². The number of piperazine rings is 1. The number of nitrogens with zero attached hydrogens (tertiary/aromatic N) is 3. The van der Waals surface area contributed by atoms with Gasteiger partial charge in [-0.15, -0.1) is 0 Å². The molecule has 1 fully saturated rings. The van der Waals surface area contributed by atoms with Gasteiger partial charge in [-0.2, -0.15) is 5.10 Å². The second kappa shape index (κ2) is 7.29. The Morgan fingerprint density at radius 1 is 0.960 bits per heavy atom. The van der Waals surface area contributed by atoms with Crippen LogP contribution < -0.4 is 5.56 Å². The van der Waals surface area contributed by atoms with Crippen LogP contribution in [0.3, 0.4) is 0 Å². The number of carbonyl (C=O) groups excluding carboxylic acids is 2. The molecule has 1 aliphatic heterocycles. The fraction of sp³-hybridized carbons (Fsp3) is 0.333. The average molecular weight is 340 g/mol. The van der Waals surface area contributed by atoms with Crippen LogP contribution in [0.5, 0.6) is 0 Å². The minimum Gasteiger partial charge on any atom is -0.335 e. The maximum atomic E-state index is 12.6. The number of aromatic nitrogens is 2. The fourth-order valence-corrected chi connectivity index (χ4v) is 2.80. The lowest BCUT2D eigenvalue weighted by Crippen LogP contribution is -2.50. The quantitative estimate of drug-likeness (QED) is 0.901. The first-order chi connectivity index (χ1) is 12.1. The van der Waals surface area contributed by atoms with E-state index >= 15 is 0 Å². The van der Waals surface area contributed by atoms with Crippen LogP contribution in [0.15, 0.2) is 41.2 Å². The van der Waals surface area contributed by atoms with E-state index in [0.717, 1.165) is 6.42 Å². The van der Waals surface area contributed by atoms with E-state index in [1.54, 1.807) is 9.80 Å². The number of amides is 2. The minimum absolute atomic E-state index is 0.0167. The molecule has 0 saturated carbocycles. The SMILES string of the molecule is CCc1ccc(C(=O)N2CCN(C(=O)c3ccc(=O)[nH]n3)CC2)cc1. The third-order valence-electron chi connectivity index (χ3n) is 4.36. The molecule has 2 heterocycles. The highest BCUT2D eigenvalue weighted by atomic mass is 16.2. The number of hydrogen-bond acceptors (Lipinski definition) is 4. The topological polar surface area (TPSA) is 86.4 Å². The number of hydrogen-bond donors (Lipinski definition) is 1. The molecule has 1 N–H and O–H groups in total. The standard InChI is InChI=1S/C18H20N4O3/c1-2-13-3-5-14(6-4-13)17(24)21-9-11-22(12-10-21)18(25)15-7-8-16(23)20-19-15/h3-8H,2,9-12H2,1H3,(H,20,23). The lowest BCUT2D eigenvalue weighted by Gasteiger charge is -2.34. The summed E-state index contributed by atoms with van der Waals surface area (Å²) in [6, 6.07) is 10.3. The number of aromatic amines is 1. The van der Waals surface area contributed by atoms with Crippen LogP contribution in [-0.2, 0) is 6.42 Å². The van der Waals surface area contributed by atoms with Crippen LogP contribution >= 0.6 is 0 Å². The van der Waals surface area contributed by atoms with E-state index < -0.39 is 0 Å². The smallest absolute Gasteiger partial charge is 0.274 e. The Morgan fingerprint density at radius 2 is 1.56 bits per heavy atom. The van der Waals surface area contributed by atoms with Gasteiger partial charge in [-0.05, 0) is 30.2 Å². The molecule has 1 aromatic carbocycles. The van der Waals surface area contributed by atoms with Crippen molar-refractivity contribution in [3.8, 4) is 0 Å². The summed E-state index contributed by atoms with van der Waals surface area (Å²) in [5, 5.41) is 6.02. The summed E-state index contributed by atoms with van der Waals surface area (Å²) in [7, 11) is 0. The Hall–Kier alpha value is -2.96. The van der Waals surface area contributed by atoms with Crippen LogP contribution in [0.25, 0.3) is 0 Å². The van der Waals surface area contributed by atoms with E-state index in [1.807, 2.05) is 24.3 Å². The largest absolute Gasteiger partial charge is 0.335 e. The molecule has 1 aromatic heterocycles. The molecule has 2 aromatic rings. The highest BCUT2D eigenvalue weighted by Gasteiger charge is 2.26. The molecule has 2 amide bonds. The van der Waals surface area contributed by atoms with E-state index in [-0.39, 0.29) is 23.1 Å². The molecule has 1 aliphatic rings. The van der Waals surface area contributed by atoms with Crippen molar-refractivity contribution in [2.75, 3.05) is 26.2 Å². The normalized spacial score (nSPS) is 14.4. The van der Waals surface area contributed by atoms with Gasteiger partial charge in [0, 0.05) is 37.8 Å². The first kappa shape index (κ1) is 16.9. The molecule has 0 aliphatic carbocycles. The molecule has 0 unspecified atom stereocenters.